The number of carbonyl (C=O) groups excluding carboxylic acids is 1. The summed E-state index contributed by atoms with van der Waals surface area (Å²) in [5.74, 6) is 0.994. The molecule has 0 N–H and O–H groups in total. The summed E-state index contributed by atoms with van der Waals surface area (Å²) < 4.78 is 0. The molecule has 0 saturated carbocycles. The summed E-state index contributed by atoms with van der Waals surface area (Å²) in [7, 11) is 0. The number of hydrogen-bond donors (Lipinski definition) is 0. The second-order valence-electron chi connectivity index (χ2n) is 4.27. The summed E-state index contributed by atoms with van der Waals surface area (Å²) in [4.78, 5) is 11.6. The van der Waals surface area contributed by atoms with E-state index in [9.17, 15) is 4.79 Å². The first-order valence-corrected chi connectivity index (χ1v) is 7.51. The maximum atomic E-state index is 11.6. The van der Waals surface area contributed by atoms with E-state index in [1.165, 1.54) is 43.0 Å². The molecule has 0 aliphatic rings. The van der Waals surface area contributed by atoms with E-state index in [2.05, 4.69) is 19.1 Å². The molecular formula is C15H22OS. The molecule has 0 radical (unpaired) electrons. The van der Waals surface area contributed by atoms with Gasteiger partial charge in [0.25, 0.3) is 0 Å². The zero-order valence-electron chi connectivity index (χ0n) is 10.7. The average Bonchev–Trinajstić information content (AvgIpc) is 2.37. The molecule has 0 aliphatic carbocycles. The highest BCUT2D eigenvalue weighted by Crippen LogP contribution is 2.12. The molecule has 1 nitrogen and oxygen atoms in total. The van der Waals surface area contributed by atoms with Crippen LogP contribution in [0, 0.1) is 0 Å². The normalized spacial score (nSPS) is 10.4. The second kappa shape index (κ2) is 9.29. The average molecular weight is 250 g/mol. The van der Waals surface area contributed by atoms with Crippen LogP contribution < -0.4 is 0 Å². The van der Waals surface area contributed by atoms with Gasteiger partial charge in [-0.05, 0) is 18.4 Å². The molecule has 0 bridgehead atoms. The molecule has 0 saturated heterocycles. The second-order valence-corrected chi connectivity index (χ2v) is 5.42. The van der Waals surface area contributed by atoms with Crippen LogP contribution in [0.4, 0.5) is 0 Å². The Bertz CT molecular complexity index is 308. The highest BCUT2D eigenvalue weighted by molar-refractivity contribution is 8.13. The Morgan fingerprint density at radius 3 is 2.59 bits per heavy atom. The van der Waals surface area contributed by atoms with Crippen molar-refractivity contribution in [3.63, 3.8) is 0 Å². The van der Waals surface area contributed by atoms with E-state index in [1.807, 2.05) is 18.2 Å². The zero-order chi connectivity index (χ0) is 12.3. The van der Waals surface area contributed by atoms with Crippen LogP contribution in [0.2, 0.25) is 0 Å². The lowest BCUT2D eigenvalue weighted by Gasteiger charge is -2.01. The van der Waals surface area contributed by atoms with Gasteiger partial charge in [-0.3, -0.25) is 4.79 Å². The molecule has 1 aromatic rings. The van der Waals surface area contributed by atoms with Crippen molar-refractivity contribution in [3.8, 4) is 0 Å². The van der Waals surface area contributed by atoms with Crippen molar-refractivity contribution in [3.05, 3.63) is 35.9 Å². The van der Waals surface area contributed by atoms with Crippen LogP contribution in [-0.4, -0.2) is 10.9 Å². The maximum Gasteiger partial charge on any atom is 0.189 e. The number of hydrogen-bond acceptors (Lipinski definition) is 2. The molecule has 0 unspecified atom stereocenters. The number of benzene rings is 1. The lowest BCUT2D eigenvalue weighted by Crippen LogP contribution is -1.96. The molecule has 0 aliphatic heterocycles. The molecule has 0 atom stereocenters. The fourth-order valence-electron chi connectivity index (χ4n) is 1.68. The van der Waals surface area contributed by atoms with Crippen LogP contribution in [0.5, 0.6) is 0 Å². The van der Waals surface area contributed by atoms with Gasteiger partial charge in [-0.1, -0.05) is 68.3 Å². The summed E-state index contributed by atoms with van der Waals surface area (Å²) in [6, 6.07) is 10.2. The lowest BCUT2D eigenvalue weighted by molar-refractivity contribution is -0.110. The minimum atomic E-state index is 0.338. The number of thioether (sulfide) groups is 1. The Kier molecular flexibility index (Phi) is 7.81. The Balaban J connectivity index is 2.05. The lowest BCUT2D eigenvalue weighted by atomic mass is 10.1. The third kappa shape index (κ3) is 7.22. The van der Waals surface area contributed by atoms with E-state index >= 15 is 0 Å². The van der Waals surface area contributed by atoms with Gasteiger partial charge in [-0.15, -0.1) is 0 Å². The van der Waals surface area contributed by atoms with Crippen LogP contribution in [0.1, 0.15) is 44.6 Å². The molecule has 2 heteroatoms. The zero-order valence-corrected chi connectivity index (χ0v) is 11.5. The van der Waals surface area contributed by atoms with E-state index in [0.717, 1.165) is 12.2 Å². The Morgan fingerprint density at radius 1 is 1.12 bits per heavy atom. The van der Waals surface area contributed by atoms with Crippen molar-refractivity contribution in [2.24, 2.45) is 0 Å². The quantitative estimate of drug-likeness (QED) is 0.634. The van der Waals surface area contributed by atoms with Crippen molar-refractivity contribution in [1.29, 1.82) is 0 Å². The van der Waals surface area contributed by atoms with Crippen LogP contribution >= 0.6 is 11.8 Å². The van der Waals surface area contributed by atoms with Crippen molar-refractivity contribution in [2.75, 3.05) is 5.75 Å². The number of carbonyl (C=O) groups is 1. The first-order chi connectivity index (χ1) is 8.33. The SMILES string of the molecule is CCCCCCSC(=O)CCc1ccccc1. The van der Waals surface area contributed by atoms with Crippen molar-refractivity contribution < 1.29 is 4.79 Å². The van der Waals surface area contributed by atoms with Gasteiger partial charge >= 0.3 is 0 Å². The van der Waals surface area contributed by atoms with Gasteiger partial charge in [-0.25, -0.2) is 0 Å². The predicted molar refractivity (Wildman–Crippen MR) is 76.4 cm³/mol. The molecule has 0 amide bonds. The molecule has 0 heterocycles. The molecule has 94 valence electrons. The van der Waals surface area contributed by atoms with Gasteiger partial charge < -0.3 is 0 Å². The minimum Gasteiger partial charge on any atom is -0.287 e. The summed E-state index contributed by atoms with van der Waals surface area (Å²) in [5.41, 5.74) is 1.26. The molecule has 1 aromatic carbocycles. The van der Waals surface area contributed by atoms with E-state index in [4.69, 9.17) is 0 Å². The monoisotopic (exact) mass is 250 g/mol. The van der Waals surface area contributed by atoms with Crippen LogP contribution in [0.3, 0.4) is 0 Å². The Labute approximate surface area is 109 Å². The summed E-state index contributed by atoms with van der Waals surface area (Å²) in [6.07, 6.45) is 6.53. The van der Waals surface area contributed by atoms with E-state index in [-0.39, 0.29) is 0 Å². The highest BCUT2D eigenvalue weighted by Gasteiger charge is 2.02. The number of unbranched alkanes of at least 4 members (excludes halogenated alkanes) is 3. The Hall–Kier alpha value is -0.760. The molecule has 0 aromatic heterocycles. The van der Waals surface area contributed by atoms with Gasteiger partial charge in [-0.2, -0.15) is 0 Å². The van der Waals surface area contributed by atoms with Crippen LogP contribution in [0.15, 0.2) is 30.3 Å². The van der Waals surface area contributed by atoms with Gasteiger partial charge in [0.05, 0.1) is 0 Å². The summed E-state index contributed by atoms with van der Waals surface area (Å²) in [6.45, 7) is 2.21. The van der Waals surface area contributed by atoms with Crippen LogP contribution in [0.25, 0.3) is 0 Å². The highest BCUT2D eigenvalue weighted by atomic mass is 32.2. The van der Waals surface area contributed by atoms with E-state index < -0.39 is 0 Å². The molecule has 0 fully saturated rings. The number of rotatable bonds is 8. The van der Waals surface area contributed by atoms with Gasteiger partial charge in [0, 0.05) is 12.2 Å². The van der Waals surface area contributed by atoms with Crippen molar-refractivity contribution in [1.82, 2.24) is 0 Å². The molecular weight excluding hydrogens is 228 g/mol. The van der Waals surface area contributed by atoms with Gasteiger partial charge in [0.1, 0.15) is 0 Å². The standard InChI is InChI=1S/C15H22OS/c1-2-3-4-8-13-17-15(16)12-11-14-9-6-5-7-10-14/h5-7,9-10H,2-4,8,11-13H2,1H3. The van der Waals surface area contributed by atoms with E-state index in [0.29, 0.717) is 11.5 Å². The van der Waals surface area contributed by atoms with E-state index in [1.54, 1.807) is 0 Å². The van der Waals surface area contributed by atoms with Crippen molar-refractivity contribution >= 4 is 16.9 Å². The van der Waals surface area contributed by atoms with Crippen LogP contribution in [-0.2, 0) is 11.2 Å². The fourth-order valence-corrected chi connectivity index (χ4v) is 2.50. The maximum absolute atomic E-state index is 11.6. The third-order valence-corrected chi connectivity index (χ3v) is 3.74. The fraction of sp³-hybridized carbons (Fsp3) is 0.533. The minimum absolute atomic E-state index is 0.338. The first-order valence-electron chi connectivity index (χ1n) is 6.52. The van der Waals surface area contributed by atoms with Gasteiger partial charge in [0.15, 0.2) is 5.12 Å². The van der Waals surface area contributed by atoms with Gasteiger partial charge in [0.2, 0.25) is 0 Å². The smallest absolute Gasteiger partial charge is 0.189 e. The molecule has 0 spiro atoms. The molecule has 1 rings (SSSR count). The van der Waals surface area contributed by atoms with Crippen molar-refractivity contribution in [2.45, 2.75) is 45.4 Å². The molecule has 17 heavy (non-hydrogen) atoms. The summed E-state index contributed by atoms with van der Waals surface area (Å²) in [5, 5.41) is 0.338. The number of aryl methyl sites for hydroxylation is 1. The predicted octanol–water partition coefficient (Wildman–Crippen LogP) is 4.46. The Morgan fingerprint density at radius 2 is 1.88 bits per heavy atom. The largest absolute Gasteiger partial charge is 0.287 e. The topological polar surface area (TPSA) is 17.1 Å². The summed E-state index contributed by atoms with van der Waals surface area (Å²) >= 11 is 1.51. The third-order valence-electron chi connectivity index (χ3n) is 2.72. The first kappa shape index (κ1) is 14.3.